The van der Waals surface area contributed by atoms with Crippen LogP contribution in [0, 0.1) is 0 Å². The van der Waals surface area contributed by atoms with Gasteiger partial charge < -0.3 is 10.5 Å². The first kappa shape index (κ1) is 13.7. The first-order valence-corrected chi connectivity index (χ1v) is 5.57. The lowest BCUT2D eigenvalue weighted by Crippen LogP contribution is -2.48. The second-order valence-corrected chi connectivity index (χ2v) is 4.16. The molecule has 2 N–H and O–H groups in total. The Morgan fingerprint density at radius 2 is 2.19 bits per heavy atom. The van der Waals surface area contributed by atoms with Gasteiger partial charge in [-0.15, -0.1) is 0 Å². The van der Waals surface area contributed by atoms with Crippen molar-refractivity contribution in [1.82, 2.24) is 4.90 Å². The van der Waals surface area contributed by atoms with Crippen LogP contribution in [0.15, 0.2) is 0 Å². The molecule has 6 heteroatoms. The van der Waals surface area contributed by atoms with Gasteiger partial charge in [-0.05, 0) is 26.3 Å². The van der Waals surface area contributed by atoms with Crippen molar-refractivity contribution in [2.45, 2.75) is 38.1 Å². The summed E-state index contributed by atoms with van der Waals surface area (Å²) in [5.41, 5.74) is 5.25. The zero-order valence-electron chi connectivity index (χ0n) is 9.46. The molecule has 0 bridgehead atoms. The first-order valence-electron chi connectivity index (χ1n) is 5.57. The van der Waals surface area contributed by atoms with Crippen molar-refractivity contribution in [2.75, 3.05) is 26.2 Å². The molecule has 96 valence electrons. The summed E-state index contributed by atoms with van der Waals surface area (Å²) in [4.78, 5) is 1.45. The summed E-state index contributed by atoms with van der Waals surface area (Å²) in [6.07, 6.45) is -3.76. The van der Waals surface area contributed by atoms with Gasteiger partial charge in [0.1, 0.15) is 6.04 Å². The first-order chi connectivity index (χ1) is 7.45. The van der Waals surface area contributed by atoms with E-state index in [0.717, 1.165) is 0 Å². The number of rotatable bonds is 3. The van der Waals surface area contributed by atoms with Gasteiger partial charge in [0.2, 0.25) is 0 Å². The lowest BCUT2D eigenvalue weighted by Gasteiger charge is -2.32. The molecule has 1 aliphatic heterocycles. The number of nitrogens with two attached hydrogens (primary N) is 1. The molecule has 0 aromatic heterocycles. The molecule has 0 aromatic rings. The largest absolute Gasteiger partial charge is 0.404 e. The van der Waals surface area contributed by atoms with Crippen LogP contribution in [0.3, 0.4) is 0 Å². The van der Waals surface area contributed by atoms with Crippen LogP contribution in [0.4, 0.5) is 13.2 Å². The van der Waals surface area contributed by atoms with Gasteiger partial charge in [0.05, 0.1) is 6.10 Å². The summed E-state index contributed by atoms with van der Waals surface area (Å²) >= 11 is 0. The Hall–Kier alpha value is -0.330. The Bertz CT molecular complexity index is 211. The molecule has 2 unspecified atom stereocenters. The van der Waals surface area contributed by atoms with E-state index in [4.69, 9.17) is 10.5 Å². The number of ether oxygens (including phenoxy) is 1. The van der Waals surface area contributed by atoms with Gasteiger partial charge in [-0.25, -0.2) is 0 Å². The quantitative estimate of drug-likeness (QED) is 0.810. The molecule has 0 spiro atoms. The molecule has 0 saturated carbocycles. The van der Waals surface area contributed by atoms with Gasteiger partial charge >= 0.3 is 6.18 Å². The highest BCUT2D eigenvalue weighted by atomic mass is 19.4. The summed E-state index contributed by atoms with van der Waals surface area (Å²) in [6, 6.07) is -1.43. The molecular formula is C10H19F3N2O. The number of alkyl halides is 3. The number of hydrogen-bond acceptors (Lipinski definition) is 3. The van der Waals surface area contributed by atoms with Crippen molar-refractivity contribution in [1.29, 1.82) is 0 Å². The predicted octanol–water partition coefficient (Wildman–Crippen LogP) is 1.38. The van der Waals surface area contributed by atoms with Crippen LogP contribution >= 0.6 is 0 Å². The van der Waals surface area contributed by atoms with E-state index in [9.17, 15) is 13.2 Å². The third kappa shape index (κ3) is 3.92. The Morgan fingerprint density at radius 1 is 1.50 bits per heavy atom. The number of halogens is 3. The van der Waals surface area contributed by atoms with Crippen LogP contribution in [-0.2, 0) is 4.74 Å². The lowest BCUT2D eigenvalue weighted by atomic mass is 10.1. The Kier molecular flexibility index (Phi) is 5.01. The molecule has 1 fully saturated rings. The van der Waals surface area contributed by atoms with Crippen LogP contribution in [0.5, 0.6) is 0 Å². The number of hydrogen-bond donors (Lipinski definition) is 1. The van der Waals surface area contributed by atoms with Crippen molar-refractivity contribution < 1.29 is 17.9 Å². The van der Waals surface area contributed by atoms with Gasteiger partial charge in [-0.3, -0.25) is 4.90 Å². The van der Waals surface area contributed by atoms with Crippen LogP contribution < -0.4 is 5.73 Å². The summed E-state index contributed by atoms with van der Waals surface area (Å²) in [7, 11) is 0. The average molecular weight is 240 g/mol. The Labute approximate surface area is 93.7 Å². The van der Waals surface area contributed by atoms with Gasteiger partial charge in [0, 0.05) is 19.7 Å². The van der Waals surface area contributed by atoms with Crippen molar-refractivity contribution in [3.05, 3.63) is 0 Å². The minimum Gasteiger partial charge on any atom is -0.377 e. The third-order valence-electron chi connectivity index (χ3n) is 2.74. The molecule has 0 amide bonds. The summed E-state index contributed by atoms with van der Waals surface area (Å²) in [5.74, 6) is 0. The van der Waals surface area contributed by atoms with E-state index in [0.29, 0.717) is 26.1 Å². The summed E-state index contributed by atoms with van der Waals surface area (Å²) < 4.78 is 43.8. The van der Waals surface area contributed by atoms with E-state index in [2.05, 4.69) is 0 Å². The smallest absolute Gasteiger partial charge is 0.377 e. The van der Waals surface area contributed by atoms with E-state index in [1.807, 2.05) is 0 Å². The molecule has 1 heterocycles. The fraction of sp³-hybridized carbons (Fsp3) is 1.00. The SMILES string of the molecule is CC1CN(C(CCN)C(F)(F)F)CCCO1. The highest BCUT2D eigenvalue weighted by molar-refractivity contribution is 4.81. The van der Waals surface area contributed by atoms with Gasteiger partial charge in [0.25, 0.3) is 0 Å². The average Bonchev–Trinajstić information content (AvgIpc) is 2.37. The van der Waals surface area contributed by atoms with Gasteiger partial charge in [-0.2, -0.15) is 13.2 Å². The molecule has 1 rings (SSSR count). The van der Waals surface area contributed by atoms with Crippen LogP contribution in [-0.4, -0.2) is 49.5 Å². The molecule has 0 aliphatic carbocycles. The minimum atomic E-state index is -4.20. The maximum absolute atomic E-state index is 12.8. The monoisotopic (exact) mass is 240 g/mol. The Balaban J connectivity index is 2.68. The predicted molar refractivity (Wildman–Crippen MR) is 55.1 cm³/mol. The summed E-state index contributed by atoms with van der Waals surface area (Å²) in [5, 5.41) is 0. The van der Waals surface area contributed by atoms with Crippen LogP contribution in [0.1, 0.15) is 19.8 Å². The lowest BCUT2D eigenvalue weighted by molar-refractivity contribution is -0.186. The van der Waals surface area contributed by atoms with Crippen molar-refractivity contribution >= 4 is 0 Å². The maximum atomic E-state index is 12.8. The maximum Gasteiger partial charge on any atom is 0.404 e. The zero-order chi connectivity index (χ0) is 12.2. The zero-order valence-corrected chi connectivity index (χ0v) is 9.46. The van der Waals surface area contributed by atoms with Crippen molar-refractivity contribution in [3.8, 4) is 0 Å². The molecule has 1 saturated heterocycles. The van der Waals surface area contributed by atoms with Crippen molar-refractivity contribution in [3.63, 3.8) is 0 Å². The topological polar surface area (TPSA) is 38.5 Å². The Morgan fingerprint density at radius 3 is 2.75 bits per heavy atom. The van der Waals surface area contributed by atoms with Crippen LogP contribution in [0.25, 0.3) is 0 Å². The molecule has 0 radical (unpaired) electrons. The van der Waals surface area contributed by atoms with E-state index < -0.39 is 12.2 Å². The molecule has 1 aliphatic rings. The second kappa shape index (κ2) is 5.84. The highest BCUT2D eigenvalue weighted by Gasteiger charge is 2.43. The van der Waals surface area contributed by atoms with E-state index in [1.54, 1.807) is 6.92 Å². The van der Waals surface area contributed by atoms with Gasteiger partial charge in [0.15, 0.2) is 0 Å². The molecule has 16 heavy (non-hydrogen) atoms. The second-order valence-electron chi connectivity index (χ2n) is 4.16. The van der Waals surface area contributed by atoms with E-state index in [-0.39, 0.29) is 19.1 Å². The molecule has 3 nitrogen and oxygen atoms in total. The third-order valence-corrected chi connectivity index (χ3v) is 2.74. The van der Waals surface area contributed by atoms with E-state index in [1.165, 1.54) is 4.90 Å². The molecule has 0 aromatic carbocycles. The molecular weight excluding hydrogens is 221 g/mol. The standard InChI is InChI=1S/C10H19F3N2O/c1-8-7-15(5-2-6-16-8)9(3-4-14)10(11,12)13/h8-9H,2-7,14H2,1H3. The van der Waals surface area contributed by atoms with Gasteiger partial charge in [-0.1, -0.05) is 0 Å². The fourth-order valence-electron chi connectivity index (χ4n) is 2.02. The highest BCUT2D eigenvalue weighted by Crippen LogP contribution is 2.28. The summed E-state index contributed by atoms with van der Waals surface area (Å²) in [6.45, 7) is 3.13. The number of nitrogens with zero attached hydrogens (tertiary/aromatic N) is 1. The van der Waals surface area contributed by atoms with Crippen molar-refractivity contribution in [2.24, 2.45) is 5.73 Å². The fourth-order valence-corrected chi connectivity index (χ4v) is 2.02. The minimum absolute atomic E-state index is 0.0454. The van der Waals surface area contributed by atoms with E-state index >= 15 is 0 Å². The molecule has 2 atom stereocenters. The normalized spacial score (nSPS) is 26.4. The van der Waals surface area contributed by atoms with Crippen LogP contribution in [0.2, 0.25) is 0 Å².